The number of carbonyl (C=O) groups excluding carboxylic acids is 1. The van der Waals surface area contributed by atoms with Crippen LogP contribution in [0, 0.1) is 17.0 Å². The first-order chi connectivity index (χ1) is 8.23. The maximum Gasteiger partial charge on any atom is 0.313 e. The molecule has 0 fully saturated rings. The van der Waals surface area contributed by atoms with E-state index in [1.54, 1.807) is 0 Å². The molecule has 0 aromatic heterocycles. The van der Waals surface area contributed by atoms with Crippen molar-refractivity contribution in [2.45, 2.75) is 19.9 Å². The lowest BCUT2D eigenvalue weighted by atomic mass is 9.80. The van der Waals surface area contributed by atoms with Crippen LogP contribution in [0.5, 0.6) is 5.75 Å². The Morgan fingerprint density at radius 1 is 1.39 bits per heavy atom. The highest BCUT2D eigenvalue weighted by Crippen LogP contribution is 2.38. The average molecular weight is 259 g/mol. The lowest BCUT2D eigenvalue weighted by Crippen LogP contribution is -2.38. The number of halogens is 2. The Labute approximate surface area is 103 Å². The third-order valence-corrected chi connectivity index (χ3v) is 2.91. The predicted octanol–water partition coefficient (Wildman–Crippen LogP) is 1.87. The summed E-state index contributed by atoms with van der Waals surface area (Å²) in [5.41, 5.74) is 4.01. The minimum atomic E-state index is -1.30. The molecule has 18 heavy (non-hydrogen) atoms. The van der Waals surface area contributed by atoms with Crippen LogP contribution in [0.25, 0.3) is 0 Å². The molecular formula is C12H15F2NO3. The average Bonchev–Trinajstić information content (AvgIpc) is 2.33. The predicted molar refractivity (Wildman–Crippen MR) is 60.7 cm³/mol. The molecule has 0 spiro atoms. The van der Waals surface area contributed by atoms with Crippen molar-refractivity contribution < 1.29 is 23.4 Å². The first-order valence-electron chi connectivity index (χ1n) is 5.24. The number of hydrogen-bond acceptors (Lipinski definition) is 4. The van der Waals surface area contributed by atoms with Crippen LogP contribution in [-0.4, -0.2) is 18.2 Å². The molecule has 0 saturated heterocycles. The second-order valence-corrected chi connectivity index (χ2v) is 4.48. The van der Waals surface area contributed by atoms with E-state index in [0.29, 0.717) is 0 Å². The van der Waals surface area contributed by atoms with Crippen LogP contribution in [0.2, 0.25) is 0 Å². The van der Waals surface area contributed by atoms with Crippen LogP contribution < -0.4 is 5.73 Å². The van der Waals surface area contributed by atoms with Crippen molar-refractivity contribution in [1.29, 1.82) is 0 Å². The van der Waals surface area contributed by atoms with E-state index in [4.69, 9.17) is 5.73 Å². The fraction of sp³-hybridized carbons (Fsp3) is 0.417. The number of methoxy groups -OCH3 is 1. The summed E-state index contributed by atoms with van der Waals surface area (Å²) in [6.07, 6.45) is 0. The minimum absolute atomic E-state index is 0.439. The molecule has 1 aromatic carbocycles. The number of phenolic OH excluding ortho intramolecular Hbond substituents is 1. The van der Waals surface area contributed by atoms with Gasteiger partial charge < -0.3 is 15.6 Å². The normalized spacial score (nSPS) is 13.2. The van der Waals surface area contributed by atoms with Gasteiger partial charge in [0.1, 0.15) is 5.82 Å². The van der Waals surface area contributed by atoms with E-state index in [2.05, 4.69) is 4.74 Å². The number of carbonyl (C=O) groups is 1. The summed E-state index contributed by atoms with van der Waals surface area (Å²) >= 11 is 0. The Morgan fingerprint density at radius 2 is 1.89 bits per heavy atom. The Hall–Kier alpha value is -1.69. The van der Waals surface area contributed by atoms with E-state index in [1.807, 2.05) is 0 Å². The summed E-state index contributed by atoms with van der Waals surface area (Å²) < 4.78 is 31.4. The molecule has 100 valence electrons. The zero-order chi connectivity index (χ0) is 14.1. The Balaban J connectivity index is 3.31. The molecule has 0 aliphatic heterocycles. The van der Waals surface area contributed by atoms with Crippen LogP contribution in [-0.2, 0) is 9.53 Å². The number of phenols is 1. The molecule has 6 heteroatoms. The largest absolute Gasteiger partial charge is 0.505 e. The second kappa shape index (κ2) is 4.89. The Morgan fingerprint density at radius 3 is 2.39 bits per heavy atom. The number of benzene rings is 1. The zero-order valence-corrected chi connectivity index (χ0v) is 10.3. The maximum absolute atomic E-state index is 13.6. The topological polar surface area (TPSA) is 72.5 Å². The van der Waals surface area contributed by atoms with Crippen molar-refractivity contribution in [3.8, 4) is 5.75 Å². The van der Waals surface area contributed by atoms with E-state index in [1.165, 1.54) is 21.0 Å². The fourth-order valence-corrected chi connectivity index (χ4v) is 1.60. The van der Waals surface area contributed by atoms with Gasteiger partial charge >= 0.3 is 5.97 Å². The van der Waals surface area contributed by atoms with Crippen LogP contribution in [0.1, 0.15) is 25.5 Å². The molecule has 0 radical (unpaired) electrons. The molecule has 0 aliphatic carbocycles. The highest BCUT2D eigenvalue weighted by atomic mass is 19.1. The van der Waals surface area contributed by atoms with Gasteiger partial charge in [0, 0.05) is 0 Å². The van der Waals surface area contributed by atoms with Gasteiger partial charge in [-0.1, -0.05) is 0 Å². The van der Waals surface area contributed by atoms with E-state index in [0.717, 1.165) is 12.1 Å². The second-order valence-electron chi connectivity index (χ2n) is 4.48. The molecule has 3 N–H and O–H groups in total. The Kier molecular flexibility index (Phi) is 3.91. The summed E-state index contributed by atoms with van der Waals surface area (Å²) in [5.74, 6) is -3.45. The third kappa shape index (κ3) is 2.28. The molecule has 0 heterocycles. The van der Waals surface area contributed by atoms with Gasteiger partial charge in [-0.15, -0.1) is 0 Å². The first kappa shape index (κ1) is 14.4. The standard InChI is InChI=1S/C12H15F2NO3/c1-12(2,11(17)18-3)10(15)8-6(13)4-5-7(14)9(8)16/h4-5,10,16H,15H2,1-3H3/t10-/m1/s1. The molecule has 0 amide bonds. The number of aromatic hydroxyl groups is 1. The van der Waals surface area contributed by atoms with E-state index < -0.39 is 40.4 Å². The SMILES string of the molecule is COC(=O)C(C)(C)[C@H](N)c1c(F)ccc(F)c1O. The molecule has 0 aliphatic rings. The maximum atomic E-state index is 13.6. The van der Waals surface area contributed by atoms with Gasteiger partial charge in [0.2, 0.25) is 0 Å². The van der Waals surface area contributed by atoms with Gasteiger partial charge in [-0.05, 0) is 26.0 Å². The fourth-order valence-electron chi connectivity index (χ4n) is 1.60. The molecule has 0 bridgehead atoms. The highest BCUT2D eigenvalue weighted by Gasteiger charge is 2.39. The summed E-state index contributed by atoms with van der Waals surface area (Å²) in [7, 11) is 1.17. The number of rotatable bonds is 3. The molecule has 1 atom stereocenters. The zero-order valence-electron chi connectivity index (χ0n) is 10.3. The van der Waals surface area contributed by atoms with Crippen molar-refractivity contribution in [3.63, 3.8) is 0 Å². The lowest BCUT2D eigenvalue weighted by molar-refractivity contribution is -0.152. The summed E-state index contributed by atoms with van der Waals surface area (Å²) in [6, 6.07) is 0.393. The molecule has 1 rings (SSSR count). The summed E-state index contributed by atoms with van der Waals surface area (Å²) in [5, 5.41) is 9.52. The molecule has 0 saturated carbocycles. The van der Waals surface area contributed by atoms with Crippen LogP contribution in [0.15, 0.2) is 12.1 Å². The van der Waals surface area contributed by atoms with Crippen molar-refractivity contribution in [3.05, 3.63) is 29.3 Å². The third-order valence-electron chi connectivity index (χ3n) is 2.91. The number of hydrogen-bond donors (Lipinski definition) is 2. The number of nitrogens with two attached hydrogens (primary N) is 1. The van der Waals surface area contributed by atoms with E-state index >= 15 is 0 Å². The van der Waals surface area contributed by atoms with Gasteiger partial charge in [-0.3, -0.25) is 4.79 Å². The summed E-state index contributed by atoms with van der Waals surface area (Å²) in [6.45, 7) is 2.85. The van der Waals surface area contributed by atoms with Crippen molar-refractivity contribution in [2.24, 2.45) is 11.1 Å². The first-order valence-corrected chi connectivity index (χ1v) is 5.24. The van der Waals surface area contributed by atoms with Crippen LogP contribution >= 0.6 is 0 Å². The smallest absolute Gasteiger partial charge is 0.313 e. The number of ether oxygens (including phenoxy) is 1. The minimum Gasteiger partial charge on any atom is -0.505 e. The van der Waals surface area contributed by atoms with Gasteiger partial charge in [0.15, 0.2) is 11.6 Å². The van der Waals surface area contributed by atoms with Gasteiger partial charge in [0.05, 0.1) is 24.1 Å². The molecule has 1 aromatic rings. The van der Waals surface area contributed by atoms with E-state index in [-0.39, 0.29) is 0 Å². The quantitative estimate of drug-likeness (QED) is 0.813. The highest BCUT2D eigenvalue weighted by molar-refractivity contribution is 5.77. The summed E-state index contributed by atoms with van der Waals surface area (Å²) in [4.78, 5) is 11.6. The van der Waals surface area contributed by atoms with Gasteiger partial charge in [-0.25, -0.2) is 8.78 Å². The van der Waals surface area contributed by atoms with Crippen LogP contribution in [0.4, 0.5) is 8.78 Å². The lowest BCUT2D eigenvalue weighted by Gasteiger charge is -2.29. The van der Waals surface area contributed by atoms with Crippen molar-refractivity contribution in [2.75, 3.05) is 7.11 Å². The Bertz CT molecular complexity index is 475. The molecule has 4 nitrogen and oxygen atoms in total. The van der Waals surface area contributed by atoms with Gasteiger partial charge in [-0.2, -0.15) is 0 Å². The number of esters is 1. The van der Waals surface area contributed by atoms with Crippen molar-refractivity contribution >= 4 is 5.97 Å². The van der Waals surface area contributed by atoms with Gasteiger partial charge in [0.25, 0.3) is 0 Å². The van der Waals surface area contributed by atoms with Crippen LogP contribution in [0.3, 0.4) is 0 Å². The van der Waals surface area contributed by atoms with Crippen molar-refractivity contribution in [1.82, 2.24) is 0 Å². The molecule has 0 unspecified atom stereocenters. The van der Waals surface area contributed by atoms with E-state index in [9.17, 15) is 18.7 Å². The monoisotopic (exact) mass is 259 g/mol. The molecular weight excluding hydrogens is 244 g/mol.